The zero-order valence-corrected chi connectivity index (χ0v) is 10.6. The van der Waals surface area contributed by atoms with E-state index in [1.54, 1.807) is 13.1 Å². The Kier molecular flexibility index (Phi) is 4.73. The van der Waals surface area contributed by atoms with Crippen molar-refractivity contribution >= 4 is 5.91 Å². The van der Waals surface area contributed by atoms with Gasteiger partial charge in [-0.15, -0.1) is 0 Å². The number of carbonyl (C=O) groups is 1. The highest BCUT2D eigenvalue weighted by Crippen LogP contribution is 2.17. The summed E-state index contributed by atoms with van der Waals surface area (Å²) >= 11 is 0. The molecule has 1 aliphatic heterocycles. The zero-order chi connectivity index (χ0) is 12.8. The Hall–Kier alpha value is -1.39. The fourth-order valence-corrected chi connectivity index (χ4v) is 2.03. The van der Waals surface area contributed by atoms with Gasteiger partial charge < -0.3 is 14.8 Å². The lowest BCUT2D eigenvalue weighted by Crippen LogP contribution is -2.23. The van der Waals surface area contributed by atoms with Gasteiger partial charge in [-0.1, -0.05) is 18.2 Å². The lowest BCUT2D eigenvalue weighted by atomic mass is 10.1. The number of rotatable bonds is 4. The summed E-state index contributed by atoms with van der Waals surface area (Å²) in [6.07, 6.45) is 3.05. The van der Waals surface area contributed by atoms with Gasteiger partial charge in [0, 0.05) is 19.2 Å². The van der Waals surface area contributed by atoms with Crippen molar-refractivity contribution in [1.82, 2.24) is 5.32 Å². The molecule has 0 saturated carbocycles. The SMILES string of the molecule is CNC(=O)c1ccccc1COC1CCCCO1. The number of hydrogen-bond acceptors (Lipinski definition) is 3. The average molecular weight is 249 g/mol. The van der Waals surface area contributed by atoms with Crippen LogP contribution < -0.4 is 5.32 Å². The van der Waals surface area contributed by atoms with Crippen molar-refractivity contribution in [3.8, 4) is 0 Å². The van der Waals surface area contributed by atoms with E-state index < -0.39 is 0 Å². The predicted octanol–water partition coefficient (Wildman–Crippen LogP) is 2.09. The third kappa shape index (κ3) is 3.31. The smallest absolute Gasteiger partial charge is 0.251 e. The molecule has 2 rings (SSSR count). The van der Waals surface area contributed by atoms with Crippen molar-refractivity contribution in [1.29, 1.82) is 0 Å². The number of amides is 1. The molecule has 4 heteroatoms. The first-order valence-electron chi connectivity index (χ1n) is 6.34. The molecule has 0 radical (unpaired) electrons. The lowest BCUT2D eigenvalue weighted by Gasteiger charge is -2.23. The van der Waals surface area contributed by atoms with Gasteiger partial charge in [0.05, 0.1) is 6.61 Å². The molecular formula is C14H19NO3. The molecule has 1 heterocycles. The van der Waals surface area contributed by atoms with Crippen LogP contribution >= 0.6 is 0 Å². The van der Waals surface area contributed by atoms with Gasteiger partial charge in [-0.2, -0.15) is 0 Å². The van der Waals surface area contributed by atoms with Crippen LogP contribution in [0.15, 0.2) is 24.3 Å². The van der Waals surface area contributed by atoms with Crippen LogP contribution in [0.5, 0.6) is 0 Å². The van der Waals surface area contributed by atoms with Crippen molar-refractivity contribution < 1.29 is 14.3 Å². The first kappa shape index (κ1) is 13.1. The number of hydrogen-bond donors (Lipinski definition) is 1. The van der Waals surface area contributed by atoms with Crippen LogP contribution in [0.25, 0.3) is 0 Å². The van der Waals surface area contributed by atoms with Gasteiger partial charge in [0.15, 0.2) is 6.29 Å². The van der Waals surface area contributed by atoms with Crippen LogP contribution in [0.2, 0.25) is 0 Å². The molecule has 98 valence electrons. The summed E-state index contributed by atoms with van der Waals surface area (Å²) in [6.45, 7) is 1.18. The molecule has 4 nitrogen and oxygen atoms in total. The number of benzene rings is 1. The Morgan fingerprint density at radius 3 is 3.00 bits per heavy atom. The highest BCUT2D eigenvalue weighted by molar-refractivity contribution is 5.95. The maximum Gasteiger partial charge on any atom is 0.251 e. The molecule has 1 fully saturated rings. The summed E-state index contributed by atoms with van der Waals surface area (Å²) in [7, 11) is 1.63. The molecule has 0 aromatic heterocycles. The van der Waals surface area contributed by atoms with Gasteiger partial charge in [-0.05, 0) is 30.9 Å². The van der Waals surface area contributed by atoms with E-state index in [1.165, 1.54) is 0 Å². The predicted molar refractivity (Wildman–Crippen MR) is 68.2 cm³/mol. The van der Waals surface area contributed by atoms with Crippen LogP contribution in [-0.4, -0.2) is 25.9 Å². The maximum absolute atomic E-state index is 11.7. The van der Waals surface area contributed by atoms with Crippen molar-refractivity contribution in [2.45, 2.75) is 32.2 Å². The monoisotopic (exact) mass is 249 g/mol. The first-order valence-corrected chi connectivity index (χ1v) is 6.34. The van der Waals surface area contributed by atoms with Gasteiger partial charge in [0.2, 0.25) is 0 Å². The molecule has 0 aliphatic carbocycles. The molecule has 1 aromatic carbocycles. The minimum Gasteiger partial charge on any atom is -0.355 e. The fourth-order valence-electron chi connectivity index (χ4n) is 2.03. The standard InChI is InChI=1S/C14H19NO3/c1-15-14(16)12-7-3-2-6-11(12)10-18-13-8-4-5-9-17-13/h2-3,6-7,13H,4-5,8-10H2,1H3,(H,15,16). The van der Waals surface area contributed by atoms with Crippen LogP contribution in [0.1, 0.15) is 35.2 Å². The van der Waals surface area contributed by atoms with E-state index in [9.17, 15) is 4.79 Å². The second kappa shape index (κ2) is 6.52. The minimum atomic E-state index is -0.128. The average Bonchev–Trinajstić information content (AvgIpc) is 2.45. The van der Waals surface area contributed by atoms with Crippen molar-refractivity contribution in [2.75, 3.05) is 13.7 Å². The van der Waals surface area contributed by atoms with Crippen LogP contribution in [0, 0.1) is 0 Å². The maximum atomic E-state index is 11.7. The molecule has 1 unspecified atom stereocenters. The zero-order valence-electron chi connectivity index (χ0n) is 10.6. The number of nitrogens with one attached hydrogen (secondary N) is 1. The van der Waals surface area contributed by atoms with E-state index in [-0.39, 0.29) is 12.2 Å². The molecule has 0 bridgehead atoms. The Morgan fingerprint density at radius 2 is 2.28 bits per heavy atom. The Labute approximate surface area is 107 Å². The second-order valence-corrected chi connectivity index (χ2v) is 4.34. The molecule has 1 atom stereocenters. The van der Waals surface area contributed by atoms with Gasteiger partial charge in [-0.25, -0.2) is 0 Å². The van der Waals surface area contributed by atoms with Crippen molar-refractivity contribution in [3.05, 3.63) is 35.4 Å². The van der Waals surface area contributed by atoms with E-state index in [2.05, 4.69) is 5.32 Å². The Balaban J connectivity index is 1.97. The topological polar surface area (TPSA) is 47.6 Å². The van der Waals surface area contributed by atoms with Gasteiger partial charge in [-0.3, -0.25) is 4.79 Å². The Morgan fingerprint density at radius 1 is 1.44 bits per heavy atom. The summed E-state index contributed by atoms with van der Waals surface area (Å²) in [6, 6.07) is 7.48. The second-order valence-electron chi connectivity index (χ2n) is 4.34. The van der Waals surface area contributed by atoms with Crippen molar-refractivity contribution in [3.63, 3.8) is 0 Å². The lowest BCUT2D eigenvalue weighted by molar-refractivity contribution is -0.168. The molecular weight excluding hydrogens is 230 g/mol. The molecule has 1 aliphatic rings. The Bertz CT molecular complexity index is 400. The van der Waals surface area contributed by atoms with E-state index in [0.717, 1.165) is 31.4 Å². The van der Waals surface area contributed by atoms with E-state index >= 15 is 0 Å². The first-order chi connectivity index (χ1) is 8.81. The van der Waals surface area contributed by atoms with Crippen LogP contribution in [-0.2, 0) is 16.1 Å². The van der Waals surface area contributed by atoms with Crippen molar-refractivity contribution in [2.24, 2.45) is 0 Å². The van der Waals surface area contributed by atoms with E-state index in [1.807, 2.05) is 18.2 Å². The molecule has 0 spiro atoms. The third-order valence-corrected chi connectivity index (χ3v) is 3.05. The highest BCUT2D eigenvalue weighted by Gasteiger charge is 2.15. The summed E-state index contributed by atoms with van der Waals surface area (Å²) in [4.78, 5) is 11.7. The molecule has 18 heavy (non-hydrogen) atoms. The van der Waals surface area contributed by atoms with E-state index in [0.29, 0.717) is 12.2 Å². The van der Waals surface area contributed by atoms with E-state index in [4.69, 9.17) is 9.47 Å². The summed E-state index contributed by atoms with van der Waals surface area (Å²) in [5.41, 5.74) is 1.56. The molecule has 1 aromatic rings. The summed E-state index contributed by atoms with van der Waals surface area (Å²) in [5.74, 6) is -0.0845. The van der Waals surface area contributed by atoms with Gasteiger partial charge in [0.25, 0.3) is 5.91 Å². The summed E-state index contributed by atoms with van der Waals surface area (Å²) < 4.78 is 11.2. The van der Waals surface area contributed by atoms with Crippen LogP contribution in [0.3, 0.4) is 0 Å². The normalized spacial score (nSPS) is 19.5. The quantitative estimate of drug-likeness (QED) is 0.888. The molecule has 1 N–H and O–H groups in total. The van der Waals surface area contributed by atoms with Gasteiger partial charge >= 0.3 is 0 Å². The number of ether oxygens (including phenoxy) is 2. The minimum absolute atomic E-state index is 0.0845. The highest BCUT2D eigenvalue weighted by atomic mass is 16.7. The fraction of sp³-hybridized carbons (Fsp3) is 0.500. The molecule has 1 saturated heterocycles. The third-order valence-electron chi connectivity index (χ3n) is 3.05. The van der Waals surface area contributed by atoms with Gasteiger partial charge in [0.1, 0.15) is 0 Å². The van der Waals surface area contributed by atoms with Crippen LogP contribution in [0.4, 0.5) is 0 Å². The number of carbonyl (C=O) groups excluding carboxylic acids is 1. The summed E-state index contributed by atoms with van der Waals surface area (Å²) in [5, 5.41) is 2.63. The molecule has 1 amide bonds. The largest absolute Gasteiger partial charge is 0.355 e.